The third-order valence-electron chi connectivity index (χ3n) is 4.12. The van der Waals surface area contributed by atoms with E-state index in [9.17, 15) is 9.59 Å². The highest BCUT2D eigenvalue weighted by molar-refractivity contribution is 6.21. The van der Waals surface area contributed by atoms with Crippen LogP contribution < -0.4 is 4.90 Å². The molecule has 1 N–H and O–H groups in total. The molecule has 19 heavy (non-hydrogen) atoms. The molecule has 1 unspecified atom stereocenters. The van der Waals surface area contributed by atoms with Gasteiger partial charge in [0.15, 0.2) is 6.67 Å². The fourth-order valence-corrected chi connectivity index (χ4v) is 3.15. The molecule has 2 atom stereocenters. The Morgan fingerprint density at radius 1 is 1.21 bits per heavy atom. The minimum Gasteiger partial charge on any atom is -0.317 e. The first-order valence-corrected chi connectivity index (χ1v) is 6.95. The number of carbonyl (C=O) groups excluding carboxylic acids is 2. The molecule has 2 amide bonds. The van der Waals surface area contributed by atoms with E-state index in [1.54, 1.807) is 12.1 Å². The van der Waals surface area contributed by atoms with Gasteiger partial charge in [0.05, 0.1) is 24.2 Å². The van der Waals surface area contributed by atoms with Gasteiger partial charge in [-0.2, -0.15) is 0 Å². The maximum absolute atomic E-state index is 12.3. The molecule has 0 spiro atoms. The van der Waals surface area contributed by atoms with Gasteiger partial charge in [0.2, 0.25) is 0 Å². The number of carbonyl (C=O) groups is 2. The Kier molecular flexibility index (Phi) is 3.11. The van der Waals surface area contributed by atoms with Gasteiger partial charge >= 0.3 is 0 Å². The maximum atomic E-state index is 12.3. The number of likely N-dealkylation sites (tertiary alicyclic amines) is 1. The Morgan fingerprint density at radius 3 is 2.42 bits per heavy atom. The average molecular weight is 259 g/mol. The molecule has 0 aromatic heterocycles. The van der Waals surface area contributed by atoms with Crippen LogP contribution in [-0.2, 0) is 0 Å². The van der Waals surface area contributed by atoms with Crippen molar-refractivity contribution in [3.05, 3.63) is 35.4 Å². The predicted octanol–water partition coefficient (Wildman–Crippen LogP) is 0.555. The Hall–Kier alpha value is -1.68. The second-order valence-corrected chi connectivity index (χ2v) is 5.69. The SMILES string of the molecule is C[C@@H]1CCC[NH+](CN2C(=O)c3ccccc3C2=O)C1. The first-order chi connectivity index (χ1) is 9.16. The molecule has 2 heterocycles. The van der Waals surface area contributed by atoms with E-state index < -0.39 is 0 Å². The third-order valence-corrected chi connectivity index (χ3v) is 4.12. The van der Waals surface area contributed by atoms with E-state index >= 15 is 0 Å². The zero-order valence-corrected chi connectivity index (χ0v) is 11.2. The number of quaternary nitrogens is 1. The first-order valence-electron chi connectivity index (χ1n) is 6.95. The number of piperidine rings is 1. The number of amides is 2. The van der Waals surface area contributed by atoms with E-state index in [0.717, 1.165) is 13.1 Å². The van der Waals surface area contributed by atoms with Crippen molar-refractivity contribution in [1.82, 2.24) is 4.90 Å². The van der Waals surface area contributed by atoms with Gasteiger partial charge in [-0.25, -0.2) is 4.90 Å². The summed E-state index contributed by atoms with van der Waals surface area (Å²) in [7, 11) is 0. The van der Waals surface area contributed by atoms with Crippen molar-refractivity contribution in [3.63, 3.8) is 0 Å². The van der Waals surface area contributed by atoms with Gasteiger partial charge in [-0.1, -0.05) is 19.1 Å². The molecule has 0 aliphatic carbocycles. The molecule has 1 saturated heterocycles. The fraction of sp³-hybridized carbons (Fsp3) is 0.467. The van der Waals surface area contributed by atoms with Crippen LogP contribution in [0.15, 0.2) is 24.3 Å². The van der Waals surface area contributed by atoms with Gasteiger partial charge in [-0.05, 0) is 25.0 Å². The molecule has 1 aromatic carbocycles. The maximum Gasteiger partial charge on any atom is 0.265 e. The summed E-state index contributed by atoms with van der Waals surface area (Å²) in [6, 6.07) is 7.10. The molecule has 4 nitrogen and oxygen atoms in total. The summed E-state index contributed by atoms with van der Waals surface area (Å²) in [5.74, 6) is 0.414. The summed E-state index contributed by atoms with van der Waals surface area (Å²) >= 11 is 0. The zero-order valence-electron chi connectivity index (χ0n) is 11.2. The summed E-state index contributed by atoms with van der Waals surface area (Å²) in [6.07, 6.45) is 2.44. The Bertz CT molecular complexity index is 492. The molecule has 100 valence electrons. The minimum atomic E-state index is -0.133. The molecule has 0 bridgehead atoms. The lowest BCUT2D eigenvalue weighted by Gasteiger charge is -2.30. The highest BCUT2D eigenvalue weighted by Gasteiger charge is 2.37. The lowest BCUT2D eigenvalue weighted by atomic mass is 10.0. The van der Waals surface area contributed by atoms with Gasteiger partial charge in [-0.3, -0.25) is 9.59 Å². The predicted molar refractivity (Wildman–Crippen MR) is 70.9 cm³/mol. The van der Waals surface area contributed by atoms with Crippen molar-refractivity contribution in [1.29, 1.82) is 0 Å². The van der Waals surface area contributed by atoms with Crippen LogP contribution in [-0.4, -0.2) is 36.5 Å². The average Bonchev–Trinajstić information content (AvgIpc) is 2.65. The Labute approximate surface area is 113 Å². The van der Waals surface area contributed by atoms with Crippen LogP contribution in [0.1, 0.15) is 40.5 Å². The Morgan fingerprint density at radius 2 is 1.84 bits per heavy atom. The molecule has 1 aromatic rings. The van der Waals surface area contributed by atoms with Crippen LogP contribution in [0.5, 0.6) is 0 Å². The van der Waals surface area contributed by atoms with Crippen LogP contribution in [0.25, 0.3) is 0 Å². The highest BCUT2D eigenvalue weighted by atomic mass is 16.2. The van der Waals surface area contributed by atoms with E-state index in [0.29, 0.717) is 23.7 Å². The molecular formula is C15H19N2O2+. The van der Waals surface area contributed by atoms with Gasteiger partial charge in [0.1, 0.15) is 0 Å². The van der Waals surface area contributed by atoms with Crippen LogP contribution in [0.4, 0.5) is 0 Å². The number of benzene rings is 1. The van der Waals surface area contributed by atoms with Gasteiger partial charge in [-0.15, -0.1) is 0 Å². The number of hydrogen-bond acceptors (Lipinski definition) is 2. The summed E-state index contributed by atoms with van der Waals surface area (Å²) in [4.78, 5) is 27.3. The van der Waals surface area contributed by atoms with Crippen molar-refractivity contribution in [2.75, 3.05) is 19.8 Å². The molecule has 0 saturated carbocycles. The number of nitrogens with one attached hydrogen (secondary N) is 1. The van der Waals surface area contributed by atoms with E-state index in [2.05, 4.69) is 6.92 Å². The summed E-state index contributed by atoms with van der Waals surface area (Å²) in [5.41, 5.74) is 1.11. The Balaban J connectivity index is 1.77. The monoisotopic (exact) mass is 259 g/mol. The van der Waals surface area contributed by atoms with Crippen molar-refractivity contribution in [2.45, 2.75) is 19.8 Å². The van der Waals surface area contributed by atoms with Gasteiger partial charge < -0.3 is 4.90 Å². The van der Waals surface area contributed by atoms with Crippen LogP contribution in [0.2, 0.25) is 0 Å². The van der Waals surface area contributed by atoms with Crippen molar-refractivity contribution in [2.24, 2.45) is 5.92 Å². The van der Waals surface area contributed by atoms with Gasteiger partial charge in [0, 0.05) is 5.92 Å². The summed E-state index contributed by atoms with van der Waals surface area (Å²) < 4.78 is 0. The van der Waals surface area contributed by atoms with E-state index in [1.807, 2.05) is 12.1 Å². The van der Waals surface area contributed by atoms with Crippen LogP contribution >= 0.6 is 0 Å². The number of imide groups is 1. The summed E-state index contributed by atoms with van der Waals surface area (Å²) in [5, 5.41) is 0. The number of rotatable bonds is 2. The number of fused-ring (bicyclic) bond motifs is 1. The quantitative estimate of drug-likeness (QED) is 0.788. The van der Waals surface area contributed by atoms with Crippen LogP contribution in [0.3, 0.4) is 0 Å². The molecule has 2 aliphatic rings. The molecule has 1 fully saturated rings. The van der Waals surface area contributed by atoms with Crippen LogP contribution in [0, 0.1) is 5.92 Å². The molecule has 2 aliphatic heterocycles. The van der Waals surface area contributed by atoms with Crippen molar-refractivity contribution in [3.8, 4) is 0 Å². The molecule has 4 heteroatoms. The number of hydrogen-bond donors (Lipinski definition) is 1. The van der Waals surface area contributed by atoms with Crippen molar-refractivity contribution >= 4 is 11.8 Å². The van der Waals surface area contributed by atoms with E-state index in [4.69, 9.17) is 0 Å². The summed E-state index contributed by atoms with van der Waals surface area (Å²) in [6.45, 7) is 4.85. The minimum absolute atomic E-state index is 0.133. The fourth-order valence-electron chi connectivity index (χ4n) is 3.15. The second kappa shape index (κ2) is 4.78. The second-order valence-electron chi connectivity index (χ2n) is 5.69. The topological polar surface area (TPSA) is 41.8 Å². The highest BCUT2D eigenvalue weighted by Crippen LogP contribution is 2.21. The largest absolute Gasteiger partial charge is 0.317 e. The lowest BCUT2D eigenvalue weighted by Crippen LogP contribution is -3.15. The number of nitrogens with zero attached hydrogens (tertiary/aromatic N) is 1. The molecule has 3 rings (SSSR count). The lowest BCUT2D eigenvalue weighted by molar-refractivity contribution is -0.915. The van der Waals surface area contributed by atoms with E-state index in [-0.39, 0.29) is 11.8 Å². The van der Waals surface area contributed by atoms with Crippen molar-refractivity contribution < 1.29 is 14.5 Å². The zero-order chi connectivity index (χ0) is 13.4. The standard InChI is InChI=1S/C15H18N2O2/c1-11-5-4-8-16(9-11)10-17-14(18)12-6-2-3-7-13(12)15(17)19/h2-3,6-7,11H,4-5,8-10H2,1H3/p+1/t11-/m1/s1. The third kappa shape index (κ3) is 2.16. The molecule has 0 radical (unpaired) electrons. The normalized spacial score (nSPS) is 26.7. The first kappa shape index (κ1) is 12.4. The smallest absolute Gasteiger partial charge is 0.265 e. The van der Waals surface area contributed by atoms with Gasteiger partial charge in [0.25, 0.3) is 11.8 Å². The van der Waals surface area contributed by atoms with E-state index in [1.165, 1.54) is 22.6 Å². The molecular weight excluding hydrogens is 240 g/mol.